The first-order valence-electron chi connectivity index (χ1n) is 7.02. The minimum absolute atomic E-state index is 0.0406. The molecule has 0 aliphatic carbocycles. The number of carbonyl (C=O) groups excluding carboxylic acids is 1. The van der Waals surface area contributed by atoms with E-state index in [1.165, 1.54) is 6.07 Å². The van der Waals surface area contributed by atoms with E-state index in [4.69, 9.17) is 0 Å². The molecule has 0 fully saturated rings. The number of benzene rings is 2. The molecule has 2 amide bonds. The molecule has 2 aromatic carbocycles. The molecule has 0 spiro atoms. The molecule has 10 nitrogen and oxygen atoms in total. The average molecular weight is 341 g/mol. The number of para-hydroxylation sites is 1. The van der Waals surface area contributed by atoms with Crippen molar-refractivity contribution in [2.24, 2.45) is 0 Å². The number of hydrogen-bond donors (Lipinski definition) is 3. The molecule has 0 aliphatic heterocycles. The largest absolute Gasteiger partial charge is 0.338 e. The van der Waals surface area contributed by atoms with Crippen LogP contribution in [0.15, 0.2) is 58.1 Å². The van der Waals surface area contributed by atoms with Crippen LogP contribution in [0.3, 0.4) is 0 Å². The zero-order valence-corrected chi connectivity index (χ0v) is 12.6. The summed E-state index contributed by atoms with van der Waals surface area (Å²) < 4.78 is 0.732. The number of non-ortho nitro benzene ring substituents is 1. The molecule has 0 unspecified atom stereocenters. The molecular formula is C15H11N5O5. The number of amides is 2. The highest BCUT2D eigenvalue weighted by atomic mass is 16.6. The van der Waals surface area contributed by atoms with Gasteiger partial charge in [0.25, 0.3) is 5.69 Å². The van der Waals surface area contributed by atoms with E-state index in [2.05, 4.69) is 15.7 Å². The second kappa shape index (κ2) is 6.28. The van der Waals surface area contributed by atoms with Crippen molar-refractivity contribution < 1.29 is 9.72 Å². The van der Waals surface area contributed by atoms with E-state index in [1.54, 1.807) is 30.3 Å². The third kappa shape index (κ3) is 3.22. The monoisotopic (exact) mass is 341 g/mol. The van der Waals surface area contributed by atoms with E-state index in [-0.39, 0.29) is 16.7 Å². The van der Waals surface area contributed by atoms with Gasteiger partial charge in [-0.05, 0) is 18.2 Å². The van der Waals surface area contributed by atoms with Crippen LogP contribution in [0.1, 0.15) is 0 Å². The van der Waals surface area contributed by atoms with Gasteiger partial charge < -0.3 is 10.3 Å². The summed E-state index contributed by atoms with van der Waals surface area (Å²) in [4.78, 5) is 48.3. The topological polar surface area (TPSA) is 139 Å². The number of nitro benzene ring substituents is 1. The Morgan fingerprint density at radius 3 is 2.52 bits per heavy atom. The number of nitrogens with one attached hydrogen (secondary N) is 3. The summed E-state index contributed by atoms with van der Waals surface area (Å²) in [6, 6.07) is 11.2. The van der Waals surface area contributed by atoms with Crippen molar-refractivity contribution in [1.29, 1.82) is 0 Å². The summed E-state index contributed by atoms with van der Waals surface area (Å²) in [6.45, 7) is 0. The van der Waals surface area contributed by atoms with Gasteiger partial charge in [0, 0.05) is 17.8 Å². The molecule has 3 N–H and O–H groups in total. The fourth-order valence-electron chi connectivity index (χ4n) is 2.21. The van der Waals surface area contributed by atoms with Gasteiger partial charge in [-0.15, -0.1) is 0 Å². The first kappa shape index (κ1) is 15.9. The number of aromatic nitrogens is 2. The number of fused-ring (bicyclic) bond motifs is 1. The van der Waals surface area contributed by atoms with Crippen molar-refractivity contribution in [3.05, 3.63) is 79.4 Å². The van der Waals surface area contributed by atoms with Crippen molar-refractivity contribution in [1.82, 2.24) is 9.66 Å². The molecule has 0 saturated heterocycles. The van der Waals surface area contributed by atoms with Gasteiger partial charge >= 0.3 is 17.1 Å². The molecule has 0 bridgehead atoms. The van der Waals surface area contributed by atoms with Crippen LogP contribution in [0, 0.1) is 10.1 Å². The van der Waals surface area contributed by atoms with Crippen molar-refractivity contribution in [3.63, 3.8) is 0 Å². The third-order valence-corrected chi connectivity index (χ3v) is 3.32. The highest BCUT2D eigenvalue weighted by molar-refractivity contribution is 5.96. The summed E-state index contributed by atoms with van der Waals surface area (Å²) in [5, 5.41) is 13.3. The van der Waals surface area contributed by atoms with Crippen molar-refractivity contribution >= 4 is 28.4 Å². The van der Waals surface area contributed by atoms with Gasteiger partial charge in [0.1, 0.15) is 0 Å². The van der Waals surface area contributed by atoms with Crippen LogP contribution in [0.25, 0.3) is 11.0 Å². The number of rotatable bonds is 3. The number of aromatic amines is 1. The summed E-state index contributed by atoms with van der Waals surface area (Å²) >= 11 is 0. The van der Waals surface area contributed by atoms with Gasteiger partial charge in [-0.3, -0.25) is 19.7 Å². The maximum Gasteiger partial charge on any atom is 0.338 e. The standard InChI is InChI=1S/C15H11N5O5/c21-13-14(22)19(18-15(23)16-9-4-2-1-3-5-9)12-7-6-10(20(24)25)8-11(12)17-13/h1-8H,(H,17,21)(H2,16,18,23). The molecule has 126 valence electrons. The number of anilines is 1. The zero-order valence-electron chi connectivity index (χ0n) is 12.6. The quantitative estimate of drug-likeness (QED) is 0.375. The molecular weight excluding hydrogens is 330 g/mol. The maximum atomic E-state index is 12.1. The molecule has 1 heterocycles. The van der Waals surface area contributed by atoms with Crippen molar-refractivity contribution in [2.75, 3.05) is 10.7 Å². The van der Waals surface area contributed by atoms with Crippen molar-refractivity contribution in [2.45, 2.75) is 0 Å². The second-order valence-electron chi connectivity index (χ2n) is 4.99. The van der Waals surface area contributed by atoms with E-state index >= 15 is 0 Å². The second-order valence-corrected chi connectivity index (χ2v) is 4.99. The smallest absolute Gasteiger partial charge is 0.316 e. The molecule has 10 heteroatoms. The lowest BCUT2D eigenvalue weighted by molar-refractivity contribution is -0.384. The Kier molecular flexibility index (Phi) is 4.00. The summed E-state index contributed by atoms with van der Waals surface area (Å²) in [6.07, 6.45) is 0. The predicted octanol–water partition coefficient (Wildman–Crippen LogP) is 1.37. The Bertz CT molecular complexity index is 1090. The van der Waals surface area contributed by atoms with Crippen LogP contribution in [0.4, 0.5) is 16.2 Å². The van der Waals surface area contributed by atoms with E-state index in [1.807, 2.05) is 0 Å². The normalized spacial score (nSPS) is 10.4. The van der Waals surface area contributed by atoms with Gasteiger partial charge in [0.15, 0.2) is 0 Å². The first-order chi connectivity index (χ1) is 12.0. The molecule has 1 aromatic heterocycles. The molecule has 3 rings (SSSR count). The van der Waals surface area contributed by atoms with E-state index in [9.17, 15) is 24.5 Å². The number of hydrogen-bond acceptors (Lipinski definition) is 5. The third-order valence-electron chi connectivity index (χ3n) is 3.32. The lowest BCUT2D eigenvalue weighted by Crippen LogP contribution is -2.43. The summed E-state index contributed by atoms with van der Waals surface area (Å²) in [7, 11) is 0. The Morgan fingerprint density at radius 2 is 1.84 bits per heavy atom. The molecule has 25 heavy (non-hydrogen) atoms. The van der Waals surface area contributed by atoms with E-state index in [0.717, 1.165) is 16.8 Å². The fraction of sp³-hybridized carbons (Fsp3) is 0. The Labute approximate surface area is 138 Å². The number of carbonyl (C=O) groups is 1. The van der Waals surface area contributed by atoms with Gasteiger partial charge in [-0.25, -0.2) is 14.9 Å². The molecule has 3 aromatic rings. The van der Waals surface area contributed by atoms with Gasteiger partial charge in [-0.2, -0.15) is 0 Å². The minimum atomic E-state index is -1.02. The average Bonchev–Trinajstić information content (AvgIpc) is 2.59. The lowest BCUT2D eigenvalue weighted by atomic mass is 10.2. The zero-order chi connectivity index (χ0) is 18.0. The SMILES string of the molecule is O=C(Nc1ccccc1)Nn1c(=O)c(=O)[nH]c2cc([N+](=O)[O-])ccc21. The Hall–Kier alpha value is -3.95. The van der Waals surface area contributed by atoms with Crippen LogP contribution in [-0.2, 0) is 0 Å². The summed E-state index contributed by atoms with van der Waals surface area (Å²) in [5.74, 6) is 0. The van der Waals surface area contributed by atoms with Gasteiger partial charge in [-0.1, -0.05) is 18.2 Å². The van der Waals surface area contributed by atoms with Crippen molar-refractivity contribution in [3.8, 4) is 0 Å². The number of urea groups is 1. The highest BCUT2D eigenvalue weighted by Crippen LogP contribution is 2.16. The highest BCUT2D eigenvalue weighted by Gasteiger charge is 2.14. The van der Waals surface area contributed by atoms with Gasteiger partial charge in [0.2, 0.25) is 0 Å². The molecule has 0 aliphatic rings. The van der Waals surface area contributed by atoms with Crippen LogP contribution in [-0.4, -0.2) is 20.6 Å². The Morgan fingerprint density at radius 1 is 1.12 bits per heavy atom. The minimum Gasteiger partial charge on any atom is -0.316 e. The number of nitro groups is 1. The van der Waals surface area contributed by atoms with Crippen LogP contribution < -0.4 is 21.9 Å². The maximum absolute atomic E-state index is 12.1. The fourth-order valence-corrected chi connectivity index (χ4v) is 2.21. The van der Waals surface area contributed by atoms with Crippen LogP contribution in [0.2, 0.25) is 0 Å². The van der Waals surface area contributed by atoms with E-state index in [0.29, 0.717) is 5.69 Å². The van der Waals surface area contributed by atoms with E-state index < -0.39 is 22.1 Å². The van der Waals surface area contributed by atoms with Gasteiger partial charge in [0.05, 0.1) is 16.0 Å². The molecule has 0 atom stereocenters. The molecule has 0 saturated carbocycles. The van der Waals surface area contributed by atoms with Crippen LogP contribution in [0.5, 0.6) is 0 Å². The van der Waals surface area contributed by atoms with Crippen LogP contribution >= 0.6 is 0 Å². The number of nitrogens with zero attached hydrogens (tertiary/aromatic N) is 2. The first-order valence-corrected chi connectivity index (χ1v) is 7.02. The Balaban J connectivity index is 2.01. The predicted molar refractivity (Wildman–Crippen MR) is 90.3 cm³/mol. The molecule has 0 radical (unpaired) electrons. The summed E-state index contributed by atoms with van der Waals surface area (Å²) in [5.41, 5.74) is 0.584. The lowest BCUT2D eigenvalue weighted by Gasteiger charge is -2.12. The number of H-pyrrole nitrogens is 1.